The maximum atomic E-state index is 13.1. The lowest BCUT2D eigenvalue weighted by atomic mass is 9.81. The summed E-state index contributed by atoms with van der Waals surface area (Å²) >= 11 is 0. The van der Waals surface area contributed by atoms with Crippen molar-refractivity contribution < 1.29 is 14.3 Å². The van der Waals surface area contributed by atoms with Crippen LogP contribution in [0, 0.1) is 0 Å². The Morgan fingerprint density at radius 2 is 1.72 bits per heavy atom. The predicted molar refractivity (Wildman–Crippen MR) is 171 cm³/mol. The number of rotatable bonds is 8. The second kappa shape index (κ2) is 12.0. The first-order valence-electron chi connectivity index (χ1n) is 16.0. The van der Waals surface area contributed by atoms with E-state index in [1.807, 2.05) is 17.7 Å². The van der Waals surface area contributed by atoms with E-state index in [1.165, 1.54) is 30.6 Å². The van der Waals surface area contributed by atoms with Crippen molar-refractivity contribution in [1.82, 2.24) is 14.8 Å². The zero-order valence-corrected chi connectivity index (χ0v) is 25.3. The molecule has 2 aromatic heterocycles. The number of nitrogens with zero attached hydrogens (tertiary/aromatic N) is 5. The average molecular weight is 580 g/mol. The molecule has 43 heavy (non-hydrogen) atoms. The molecule has 0 N–H and O–H groups in total. The standard InChI is InChI=1S/C35H41N5O3/c1-3-43-35(41)31-23-30(24-12-14-26(15-13-24)38(2)27-16-20-42-21-17-27)32-33(25-8-6-9-25)37-40(34(32)36-31)29-11-7-10-28(22-29)39-18-4-5-19-39/h7,10-15,22-23,25,27H,3-6,8-9,16-21H2,1-2H3. The molecular weight excluding hydrogens is 538 g/mol. The van der Waals surface area contributed by atoms with Crippen molar-refractivity contribution in [3.8, 4) is 16.8 Å². The van der Waals surface area contributed by atoms with Crippen LogP contribution in [0.5, 0.6) is 0 Å². The lowest BCUT2D eigenvalue weighted by molar-refractivity contribution is 0.0520. The van der Waals surface area contributed by atoms with Gasteiger partial charge in [0, 0.05) is 56.7 Å². The summed E-state index contributed by atoms with van der Waals surface area (Å²) in [7, 11) is 2.17. The maximum Gasteiger partial charge on any atom is 0.357 e. The summed E-state index contributed by atoms with van der Waals surface area (Å²) in [6.45, 7) is 5.90. The molecule has 1 aliphatic carbocycles. The third-order valence-corrected chi connectivity index (χ3v) is 9.51. The molecule has 1 saturated carbocycles. The van der Waals surface area contributed by atoms with Crippen molar-refractivity contribution in [3.63, 3.8) is 0 Å². The molecule has 0 radical (unpaired) electrons. The number of fused-ring (bicyclic) bond motifs is 1. The lowest BCUT2D eigenvalue weighted by Crippen LogP contribution is -2.36. The molecule has 0 bridgehead atoms. The highest BCUT2D eigenvalue weighted by Gasteiger charge is 2.30. The molecular formula is C35H41N5O3. The number of esters is 1. The molecule has 2 aromatic carbocycles. The van der Waals surface area contributed by atoms with Gasteiger partial charge in [-0.05, 0) is 93.0 Å². The van der Waals surface area contributed by atoms with Gasteiger partial charge in [-0.2, -0.15) is 5.10 Å². The molecule has 2 saturated heterocycles. The van der Waals surface area contributed by atoms with Crippen LogP contribution in [0.2, 0.25) is 0 Å². The van der Waals surface area contributed by atoms with E-state index < -0.39 is 5.97 Å². The highest BCUT2D eigenvalue weighted by atomic mass is 16.5. The first kappa shape index (κ1) is 27.9. The van der Waals surface area contributed by atoms with Crippen LogP contribution in [0.25, 0.3) is 27.8 Å². The van der Waals surface area contributed by atoms with Crippen LogP contribution >= 0.6 is 0 Å². The summed E-state index contributed by atoms with van der Waals surface area (Å²) in [6.07, 6.45) is 7.96. The van der Waals surface area contributed by atoms with Crippen LogP contribution in [0.15, 0.2) is 54.6 Å². The fourth-order valence-corrected chi connectivity index (χ4v) is 6.78. The van der Waals surface area contributed by atoms with E-state index in [0.29, 0.717) is 29.9 Å². The van der Waals surface area contributed by atoms with Crippen molar-refractivity contribution in [2.75, 3.05) is 49.8 Å². The van der Waals surface area contributed by atoms with E-state index in [-0.39, 0.29) is 0 Å². The highest BCUT2D eigenvalue weighted by molar-refractivity contribution is 6.01. The zero-order valence-electron chi connectivity index (χ0n) is 25.3. The fourth-order valence-electron chi connectivity index (χ4n) is 6.78. The van der Waals surface area contributed by atoms with Crippen molar-refractivity contribution in [2.45, 2.75) is 63.8 Å². The molecule has 8 nitrogen and oxygen atoms in total. The van der Waals surface area contributed by atoms with Gasteiger partial charge < -0.3 is 19.3 Å². The Morgan fingerprint density at radius 1 is 0.977 bits per heavy atom. The van der Waals surface area contributed by atoms with Crippen LogP contribution in [0.3, 0.4) is 0 Å². The second-order valence-corrected chi connectivity index (χ2v) is 12.1. The first-order valence-corrected chi connectivity index (χ1v) is 16.0. The number of aromatic nitrogens is 3. The van der Waals surface area contributed by atoms with E-state index in [1.54, 1.807) is 0 Å². The van der Waals surface area contributed by atoms with Crippen molar-refractivity contribution >= 4 is 28.4 Å². The summed E-state index contributed by atoms with van der Waals surface area (Å²) in [5.41, 5.74) is 7.48. The number of pyridine rings is 1. The van der Waals surface area contributed by atoms with Gasteiger partial charge in [0.2, 0.25) is 0 Å². The molecule has 7 rings (SSSR count). The Morgan fingerprint density at radius 3 is 2.42 bits per heavy atom. The van der Waals surface area contributed by atoms with Crippen molar-refractivity contribution in [3.05, 3.63) is 66.0 Å². The number of anilines is 2. The molecule has 2 aliphatic heterocycles. The van der Waals surface area contributed by atoms with Gasteiger partial charge in [0.25, 0.3) is 0 Å². The number of benzene rings is 2. The predicted octanol–water partition coefficient (Wildman–Crippen LogP) is 6.75. The fraction of sp³-hybridized carbons (Fsp3) is 0.457. The quantitative estimate of drug-likeness (QED) is 0.214. The largest absolute Gasteiger partial charge is 0.461 e. The molecule has 0 atom stereocenters. The Kier molecular flexibility index (Phi) is 7.78. The Bertz CT molecular complexity index is 1600. The minimum Gasteiger partial charge on any atom is -0.461 e. The third kappa shape index (κ3) is 5.37. The summed E-state index contributed by atoms with van der Waals surface area (Å²) in [4.78, 5) is 22.9. The Hall–Kier alpha value is -3.91. The minimum absolute atomic E-state index is 0.297. The molecule has 4 heterocycles. The topological polar surface area (TPSA) is 72.7 Å². The molecule has 0 amide bonds. The molecule has 8 heteroatoms. The Labute approximate surface area is 253 Å². The Balaban J connectivity index is 1.36. The molecule has 224 valence electrons. The number of hydrogen-bond acceptors (Lipinski definition) is 7. The number of hydrogen-bond donors (Lipinski definition) is 0. The summed E-state index contributed by atoms with van der Waals surface area (Å²) < 4.78 is 13.0. The van der Waals surface area contributed by atoms with Gasteiger partial charge >= 0.3 is 5.97 Å². The van der Waals surface area contributed by atoms with Gasteiger partial charge in [-0.25, -0.2) is 14.5 Å². The van der Waals surface area contributed by atoms with E-state index in [9.17, 15) is 4.79 Å². The van der Waals surface area contributed by atoms with Crippen molar-refractivity contribution in [2.24, 2.45) is 0 Å². The second-order valence-electron chi connectivity index (χ2n) is 12.1. The smallest absolute Gasteiger partial charge is 0.357 e. The van der Waals surface area contributed by atoms with Crippen molar-refractivity contribution in [1.29, 1.82) is 0 Å². The molecule has 3 fully saturated rings. The van der Waals surface area contributed by atoms with Crippen LogP contribution in [-0.4, -0.2) is 66.7 Å². The van der Waals surface area contributed by atoms with Gasteiger partial charge in [-0.15, -0.1) is 0 Å². The summed E-state index contributed by atoms with van der Waals surface area (Å²) in [5.74, 6) is -0.0243. The van der Waals surface area contributed by atoms with E-state index in [4.69, 9.17) is 19.6 Å². The highest BCUT2D eigenvalue weighted by Crippen LogP contribution is 2.43. The van der Waals surface area contributed by atoms with E-state index >= 15 is 0 Å². The average Bonchev–Trinajstić information content (AvgIpc) is 3.70. The van der Waals surface area contributed by atoms with Crippen LogP contribution in [-0.2, 0) is 9.47 Å². The first-order chi connectivity index (χ1) is 21.1. The molecule has 4 aromatic rings. The monoisotopic (exact) mass is 579 g/mol. The number of ether oxygens (including phenoxy) is 2. The van der Waals surface area contributed by atoms with Gasteiger partial charge in [-0.3, -0.25) is 0 Å². The minimum atomic E-state index is -0.412. The van der Waals surface area contributed by atoms with Crippen LogP contribution < -0.4 is 9.80 Å². The SMILES string of the molecule is CCOC(=O)c1cc(-c2ccc(N(C)C3CCOCC3)cc2)c2c(C3CCC3)nn(-c3cccc(N4CCCC4)c3)c2n1. The number of carbonyl (C=O) groups excluding carboxylic acids is 1. The lowest BCUT2D eigenvalue weighted by Gasteiger charge is -2.33. The normalized spacial score (nSPS) is 17.8. The van der Waals surface area contributed by atoms with Gasteiger partial charge in [0.1, 0.15) is 0 Å². The molecule has 0 spiro atoms. The zero-order chi connectivity index (χ0) is 29.3. The van der Waals surface area contributed by atoms with Crippen LogP contribution in [0.4, 0.5) is 11.4 Å². The molecule has 0 unspecified atom stereocenters. The van der Waals surface area contributed by atoms with Gasteiger partial charge in [0.05, 0.1) is 23.4 Å². The van der Waals surface area contributed by atoms with Gasteiger partial charge in [0.15, 0.2) is 11.3 Å². The van der Waals surface area contributed by atoms with E-state index in [2.05, 4.69) is 65.4 Å². The third-order valence-electron chi connectivity index (χ3n) is 9.51. The van der Waals surface area contributed by atoms with E-state index in [0.717, 1.165) is 79.9 Å². The number of carbonyl (C=O) groups is 1. The van der Waals surface area contributed by atoms with Crippen LogP contribution in [0.1, 0.15) is 74.0 Å². The maximum absolute atomic E-state index is 13.1. The molecule has 3 aliphatic rings. The van der Waals surface area contributed by atoms with Gasteiger partial charge in [-0.1, -0.05) is 24.6 Å². The summed E-state index contributed by atoms with van der Waals surface area (Å²) in [6, 6.07) is 19.7. The summed E-state index contributed by atoms with van der Waals surface area (Å²) in [5, 5.41) is 6.29.